The van der Waals surface area contributed by atoms with Crippen LogP contribution in [0.1, 0.15) is 6.42 Å². The van der Waals surface area contributed by atoms with Crippen molar-refractivity contribution < 1.29 is 19.1 Å². The second-order valence-electron chi connectivity index (χ2n) is 7.04. The lowest BCUT2D eigenvalue weighted by Crippen LogP contribution is -2.28. The third-order valence-electron chi connectivity index (χ3n) is 5.07. The number of H-pyrrole nitrogens is 1. The van der Waals surface area contributed by atoms with Crippen molar-refractivity contribution in [3.05, 3.63) is 42.5 Å². The summed E-state index contributed by atoms with van der Waals surface area (Å²) in [4.78, 5) is 27.0. The summed E-state index contributed by atoms with van der Waals surface area (Å²) in [5, 5.41) is 16.7. The van der Waals surface area contributed by atoms with Gasteiger partial charge in [0.25, 0.3) is 0 Å². The Morgan fingerprint density at radius 1 is 1.13 bits per heavy atom. The minimum Gasteiger partial charge on any atom is -0.486 e. The minimum absolute atomic E-state index is 0.104. The molecule has 2 N–H and O–H groups in total. The number of rotatable bonds is 4. The fourth-order valence-corrected chi connectivity index (χ4v) is 3.60. The van der Waals surface area contributed by atoms with Gasteiger partial charge in [-0.1, -0.05) is 12.1 Å². The van der Waals surface area contributed by atoms with Crippen LogP contribution in [0.15, 0.2) is 42.5 Å². The summed E-state index contributed by atoms with van der Waals surface area (Å²) < 4.78 is 11.1. The SMILES string of the molecule is O=C(Nc1cccc(-c2nn[nH]n2)c1)C1CC(=O)N(c2ccc3c(c2)OCCO3)C1. The Bertz CT molecular complexity index is 1100. The Labute approximate surface area is 171 Å². The van der Waals surface area contributed by atoms with Gasteiger partial charge in [0.1, 0.15) is 13.2 Å². The molecular weight excluding hydrogens is 388 g/mol. The summed E-state index contributed by atoms with van der Waals surface area (Å²) in [6.07, 6.45) is 0.144. The lowest BCUT2D eigenvalue weighted by atomic mass is 10.1. The molecule has 1 unspecified atom stereocenters. The molecule has 2 aliphatic rings. The number of hydrogen-bond acceptors (Lipinski definition) is 7. The van der Waals surface area contributed by atoms with E-state index in [9.17, 15) is 9.59 Å². The normalized spacial score (nSPS) is 17.8. The average Bonchev–Trinajstić information content (AvgIpc) is 3.44. The monoisotopic (exact) mass is 406 g/mol. The number of carbonyl (C=O) groups excluding carboxylic acids is 2. The Kier molecular flexibility index (Phi) is 4.51. The molecule has 0 aliphatic carbocycles. The van der Waals surface area contributed by atoms with Gasteiger partial charge in [-0.15, -0.1) is 10.2 Å². The Balaban J connectivity index is 1.29. The molecule has 1 aromatic heterocycles. The number of fused-ring (bicyclic) bond motifs is 1. The second kappa shape index (κ2) is 7.47. The Morgan fingerprint density at radius 2 is 2.00 bits per heavy atom. The molecule has 1 atom stereocenters. The van der Waals surface area contributed by atoms with Gasteiger partial charge in [0.05, 0.1) is 5.92 Å². The van der Waals surface area contributed by atoms with E-state index in [1.165, 1.54) is 0 Å². The van der Waals surface area contributed by atoms with Crippen LogP contribution in [0.2, 0.25) is 0 Å². The highest BCUT2D eigenvalue weighted by molar-refractivity contribution is 6.03. The molecule has 2 aliphatic heterocycles. The first-order chi connectivity index (χ1) is 14.7. The van der Waals surface area contributed by atoms with Gasteiger partial charge >= 0.3 is 0 Å². The quantitative estimate of drug-likeness (QED) is 0.675. The zero-order valence-corrected chi connectivity index (χ0v) is 15.9. The van der Waals surface area contributed by atoms with Crippen molar-refractivity contribution in [1.29, 1.82) is 0 Å². The van der Waals surface area contributed by atoms with E-state index in [0.29, 0.717) is 48.5 Å². The van der Waals surface area contributed by atoms with Crippen molar-refractivity contribution >= 4 is 23.2 Å². The standard InChI is InChI=1S/C20H18N6O4/c27-18-9-13(11-26(18)15-4-5-16-17(10-15)30-7-6-29-16)20(28)21-14-3-1-2-12(8-14)19-22-24-25-23-19/h1-5,8,10,13H,6-7,9,11H2,(H,21,28)(H,22,23,24,25). The zero-order valence-electron chi connectivity index (χ0n) is 15.9. The predicted octanol–water partition coefficient (Wildman–Crippen LogP) is 1.63. The molecule has 2 amide bonds. The number of tetrazole rings is 1. The number of benzene rings is 2. The highest BCUT2D eigenvalue weighted by atomic mass is 16.6. The molecule has 2 aromatic carbocycles. The molecule has 1 fully saturated rings. The lowest BCUT2D eigenvalue weighted by molar-refractivity contribution is -0.122. The fourth-order valence-electron chi connectivity index (χ4n) is 3.60. The molecule has 152 valence electrons. The van der Waals surface area contributed by atoms with Gasteiger partial charge in [-0.25, -0.2) is 0 Å². The Morgan fingerprint density at radius 3 is 2.83 bits per heavy atom. The van der Waals surface area contributed by atoms with E-state index >= 15 is 0 Å². The van der Waals surface area contributed by atoms with Crippen LogP contribution >= 0.6 is 0 Å². The van der Waals surface area contributed by atoms with Crippen molar-refractivity contribution in [2.24, 2.45) is 5.92 Å². The predicted molar refractivity (Wildman–Crippen MR) is 106 cm³/mol. The number of carbonyl (C=O) groups is 2. The molecule has 30 heavy (non-hydrogen) atoms. The number of amides is 2. The van der Waals surface area contributed by atoms with Crippen LogP contribution < -0.4 is 19.7 Å². The van der Waals surface area contributed by atoms with Crippen LogP contribution in [0.25, 0.3) is 11.4 Å². The van der Waals surface area contributed by atoms with Crippen LogP contribution in [0.4, 0.5) is 11.4 Å². The maximum atomic E-state index is 12.8. The first-order valence-corrected chi connectivity index (χ1v) is 9.52. The molecule has 5 rings (SSSR count). The molecule has 10 nitrogen and oxygen atoms in total. The van der Waals surface area contributed by atoms with Crippen molar-refractivity contribution in [3.63, 3.8) is 0 Å². The smallest absolute Gasteiger partial charge is 0.229 e. The van der Waals surface area contributed by atoms with Crippen LogP contribution in [-0.2, 0) is 9.59 Å². The van der Waals surface area contributed by atoms with Crippen LogP contribution in [0.3, 0.4) is 0 Å². The van der Waals surface area contributed by atoms with Gasteiger partial charge in [-0.2, -0.15) is 5.21 Å². The van der Waals surface area contributed by atoms with E-state index < -0.39 is 5.92 Å². The largest absolute Gasteiger partial charge is 0.486 e. The molecule has 10 heteroatoms. The minimum atomic E-state index is -0.459. The summed E-state index contributed by atoms with van der Waals surface area (Å²) >= 11 is 0. The maximum absolute atomic E-state index is 12.8. The van der Waals surface area contributed by atoms with Crippen LogP contribution in [0.5, 0.6) is 11.5 Å². The molecule has 1 saturated heterocycles. The van der Waals surface area contributed by atoms with Gasteiger partial charge in [0.15, 0.2) is 11.5 Å². The van der Waals surface area contributed by atoms with Crippen LogP contribution in [-0.4, -0.2) is 52.2 Å². The van der Waals surface area contributed by atoms with Gasteiger partial charge in [-0.3, -0.25) is 9.59 Å². The maximum Gasteiger partial charge on any atom is 0.229 e. The molecule has 0 bridgehead atoms. The molecule has 0 radical (unpaired) electrons. The summed E-state index contributed by atoms with van der Waals surface area (Å²) in [5.41, 5.74) is 2.02. The van der Waals surface area contributed by atoms with Crippen molar-refractivity contribution in [3.8, 4) is 22.9 Å². The third kappa shape index (κ3) is 3.43. The lowest BCUT2D eigenvalue weighted by Gasteiger charge is -2.22. The number of ether oxygens (including phenoxy) is 2. The molecule has 3 heterocycles. The number of aromatic amines is 1. The van der Waals surface area contributed by atoms with E-state index in [0.717, 1.165) is 5.56 Å². The molecule has 0 spiro atoms. The van der Waals surface area contributed by atoms with Crippen LogP contribution in [0, 0.1) is 5.92 Å². The summed E-state index contributed by atoms with van der Waals surface area (Å²) in [6, 6.07) is 12.5. The number of hydrogen-bond donors (Lipinski definition) is 2. The van der Waals surface area contributed by atoms with Crippen molar-refractivity contribution in [2.75, 3.05) is 30.0 Å². The Hall–Kier alpha value is -3.95. The van der Waals surface area contributed by atoms with E-state index in [-0.39, 0.29) is 18.2 Å². The first kappa shape index (κ1) is 18.1. The van der Waals surface area contributed by atoms with Crippen molar-refractivity contribution in [1.82, 2.24) is 20.6 Å². The van der Waals surface area contributed by atoms with Gasteiger partial charge in [0, 0.05) is 36.0 Å². The fraction of sp³-hybridized carbons (Fsp3) is 0.250. The topological polar surface area (TPSA) is 122 Å². The zero-order chi connectivity index (χ0) is 20.5. The summed E-state index contributed by atoms with van der Waals surface area (Å²) in [7, 11) is 0. The number of nitrogens with zero attached hydrogens (tertiary/aromatic N) is 4. The molecule has 0 saturated carbocycles. The van der Waals surface area contributed by atoms with Gasteiger partial charge in [0.2, 0.25) is 17.6 Å². The first-order valence-electron chi connectivity index (χ1n) is 9.52. The van der Waals surface area contributed by atoms with Gasteiger partial charge < -0.3 is 19.7 Å². The average molecular weight is 406 g/mol. The van der Waals surface area contributed by atoms with E-state index in [2.05, 4.69) is 25.9 Å². The van der Waals surface area contributed by atoms with Crippen molar-refractivity contribution in [2.45, 2.75) is 6.42 Å². The van der Waals surface area contributed by atoms with Gasteiger partial charge in [-0.05, 0) is 29.5 Å². The molecule has 3 aromatic rings. The van der Waals surface area contributed by atoms with E-state index in [1.54, 1.807) is 41.3 Å². The highest BCUT2D eigenvalue weighted by Gasteiger charge is 2.35. The molecular formula is C20H18N6O4. The number of aromatic nitrogens is 4. The summed E-state index contributed by atoms with van der Waals surface area (Å²) in [5.74, 6) is 0.928. The van der Waals surface area contributed by atoms with E-state index in [4.69, 9.17) is 9.47 Å². The third-order valence-corrected chi connectivity index (χ3v) is 5.07. The summed E-state index contributed by atoms with van der Waals surface area (Å²) in [6.45, 7) is 1.28. The van der Waals surface area contributed by atoms with E-state index in [1.807, 2.05) is 6.07 Å². The second-order valence-corrected chi connectivity index (χ2v) is 7.04. The number of nitrogens with one attached hydrogen (secondary N) is 2. The number of anilines is 2. The highest BCUT2D eigenvalue weighted by Crippen LogP contribution is 2.36.